The topological polar surface area (TPSA) is 73.0 Å². The molecule has 1 aliphatic rings. The number of amides is 1. The highest BCUT2D eigenvalue weighted by Gasteiger charge is 2.27. The number of nitrogens with one attached hydrogen (secondary N) is 1. The second kappa shape index (κ2) is 5.16. The van der Waals surface area contributed by atoms with Crippen LogP contribution in [-0.4, -0.2) is 27.2 Å². The Balaban J connectivity index is 1.60. The van der Waals surface area contributed by atoms with Gasteiger partial charge in [0.2, 0.25) is 5.89 Å². The lowest BCUT2D eigenvalue weighted by Gasteiger charge is -2.07. The van der Waals surface area contributed by atoms with Crippen LogP contribution in [0.3, 0.4) is 0 Å². The Hall–Kier alpha value is -1.63. The molecule has 1 saturated carbocycles. The van der Waals surface area contributed by atoms with Crippen LogP contribution < -0.4 is 5.32 Å². The average Bonchev–Trinajstić information content (AvgIpc) is 2.96. The van der Waals surface area contributed by atoms with Gasteiger partial charge in [-0.2, -0.15) is 4.98 Å². The van der Waals surface area contributed by atoms with E-state index in [2.05, 4.69) is 31.4 Å². The summed E-state index contributed by atoms with van der Waals surface area (Å²) in [5, 5.41) is 6.38. The minimum Gasteiger partial charge on any atom is -0.350 e. The van der Waals surface area contributed by atoms with Gasteiger partial charge in [-0.05, 0) is 34.8 Å². The highest BCUT2D eigenvalue weighted by Crippen LogP contribution is 2.37. The van der Waals surface area contributed by atoms with Gasteiger partial charge in [0.25, 0.3) is 5.91 Å². The van der Waals surface area contributed by atoms with Crippen LogP contribution in [0.1, 0.15) is 35.3 Å². The Bertz CT molecular complexity index is 575. The number of halogens is 1. The van der Waals surface area contributed by atoms with Crippen LogP contribution in [-0.2, 0) is 6.42 Å². The normalized spacial score (nSPS) is 14.6. The molecule has 0 unspecified atom stereocenters. The summed E-state index contributed by atoms with van der Waals surface area (Å²) in [4.78, 5) is 16.0. The quantitative estimate of drug-likeness (QED) is 0.912. The molecule has 1 aliphatic carbocycles. The molecule has 0 atom stereocenters. The lowest BCUT2D eigenvalue weighted by molar-refractivity contribution is 0.0944. The number of carbonyl (C=O) groups is 1. The van der Waals surface area contributed by atoms with E-state index in [0.29, 0.717) is 30.6 Å². The first-order valence-corrected chi connectivity index (χ1v) is 6.94. The maximum atomic E-state index is 12.1. The van der Waals surface area contributed by atoms with Gasteiger partial charge in [0, 0.05) is 29.7 Å². The summed E-state index contributed by atoms with van der Waals surface area (Å²) in [6.07, 6.45) is 6.14. The van der Waals surface area contributed by atoms with E-state index in [1.807, 2.05) is 16.8 Å². The molecule has 1 fully saturated rings. The Morgan fingerprint density at radius 1 is 1.58 bits per heavy atom. The number of rotatable bonds is 5. The summed E-state index contributed by atoms with van der Waals surface area (Å²) < 4.78 is 7.84. The molecule has 100 valence electrons. The Labute approximate surface area is 118 Å². The molecule has 6 nitrogen and oxygen atoms in total. The molecule has 0 aromatic carbocycles. The zero-order valence-corrected chi connectivity index (χ0v) is 11.8. The summed E-state index contributed by atoms with van der Waals surface area (Å²) in [5.41, 5.74) is 0.694. The number of aromatic nitrogens is 3. The van der Waals surface area contributed by atoms with Crippen LogP contribution >= 0.6 is 15.9 Å². The zero-order chi connectivity index (χ0) is 13.2. The van der Waals surface area contributed by atoms with Crippen molar-refractivity contribution in [3.63, 3.8) is 0 Å². The molecule has 0 radical (unpaired) electrons. The third-order valence-electron chi connectivity index (χ3n) is 3.02. The van der Waals surface area contributed by atoms with Crippen molar-refractivity contribution in [3.05, 3.63) is 34.6 Å². The molecule has 3 rings (SSSR count). The zero-order valence-electron chi connectivity index (χ0n) is 10.2. The maximum Gasteiger partial charge on any atom is 0.267 e. The number of carbonyl (C=O) groups excluding carboxylic acids is 1. The van der Waals surface area contributed by atoms with Gasteiger partial charge < -0.3 is 14.4 Å². The third kappa shape index (κ3) is 2.86. The van der Waals surface area contributed by atoms with Crippen LogP contribution in [0.15, 0.2) is 27.6 Å². The van der Waals surface area contributed by atoms with E-state index in [4.69, 9.17) is 4.52 Å². The van der Waals surface area contributed by atoms with Crippen LogP contribution in [0.4, 0.5) is 0 Å². The van der Waals surface area contributed by atoms with Gasteiger partial charge in [-0.3, -0.25) is 4.79 Å². The molecular formula is C12H13BrN4O2. The molecule has 19 heavy (non-hydrogen) atoms. The van der Waals surface area contributed by atoms with E-state index < -0.39 is 0 Å². The Morgan fingerprint density at radius 3 is 3.11 bits per heavy atom. The minimum absolute atomic E-state index is 0.0721. The smallest absolute Gasteiger partial charge is 0.267 e. The second-order valence-corrected chi connectivity index (χ2v) is 5.44. The van der Waals surface area contributed by atoms with Crippen molar-refractivity contribution in [2.75, 3.05) is 6.54 Å². The molecule has 2 aromatic heterocycles. The molecule has 1 amide bonds. The molecule has 2 heterocycles. The first-order chi connectivity index (χ1) is 9.24. The SMILES string of the molecule is O=C(NCCc1ncno1)c1cc(Br)cn1C1CC1. The van der Waals surface area contributed by atoms with E-state index >= 15 is 0 Å². The van der Waals surface area contributed by atoms with Crippen molar-refractivity contribution in [2.45, 2.75) is 25.3 Å². The lowest BCUT2D eigenvalue weighted by Crippen LogP contribution is -2.27. The number of hydrogen-bond acceptors (Lipinski definition) is 4. The van der Waals surface area contributed by atoms with Crippen LogP contribution in [0.5, 0.6) is 0 Å². The second-order valence-electron chi connectivity index (χ2n) is 4.52. The number of nitrogens with zero attached hydrogens (tertiary/aromatic N) is 3. The van der Waals surface area contributed by atoms with Crippen molar-refractivity contribution >= 4 is 21.8 Å². The van der Waals surface area contributed by atoms with Gasteiger partial charge in [-0.25, -0.2) is 0 Å². The molecule has 0 spiro atoms. The summed E-state index contributed by atoms with van der Waals surface area (Å²) in [5.74, 6) is 0.455. The highest BCUT2D eigenvalue weighted by molar-refractivity contribution is 9.10. The van der Waals surface area contributed by atoms with Gasteiger partial charge >= 0.3 is 0 Å². The van der Waals surface area contributed by atoms with E-state index in [1.54, 1.807) is 0 Å². The fraction of sp³-hybridized carbons (Fsp3) is 0.417. The summed E-state index contributed by atoms with van der Waals surface area (Å²) >= 11 is 3.41. The fourth-order valence-corrected chi connectivity index (χ4v) is 2.40. The summed E-state index contributed by atoms with van der Waals surface area (Å²) in [6.45, 7) is 0.481. The number of hydrogen-bond donors (Lipinski definition) is 1. The van der Waals surface area contributed by atoms with Gasteiger partial charge in [0.15, 0.2) is 6.33 Å². The predicted molar refractivity (Wildman–Crippen MR) is 70.7 cm³/mol. The minimum atomic E-state index is -0.0721. The molecule has 2 aromatic rings. The Morgan fingerprint density at radius 2 is 2.42 bits per heavy atom. The third-order valence-corrected chi connectivity index (χ3v) is 3.45. The van der Waals surface area contributed by atoms with Crippen LogP contribution in [0.2, 0.25) is 0 Å². The van der Waals surface area contributed by atoms with Crippen molar-refractivity contribution in [2.24, 2.45) is 0 Å². The van der Waals surface area contributed by atoms with Gasteiger partial charge in [-0.15, -0.1) is 0 Å². The van der Waals surface area contributed by atoms with Crippen LogP contribution in [0, 0.1) is 0 Å². The standard InChI is InChI=1S/C12H13BrN4O2/c13-8-5-10(17(6-8)9-1-2-9)12(18)14-4-3-11-15-7-16-19-11/h5-7,9H,1-4H2,(H,14,18). The first kappa shape index (κ1) is 12.4. The van der Waals surface area contributed by atoms with Crippen molar-refractivity contribution in [1.82, 2.24) is 20.0 Å². The molecular weight excluding hydrogens is 312 g/mol. The molecule has 1 N–H and O–H groups in total. The highest BCUT2D eigenvalue weighted by atomic mass is 79.9. The predicted octanol–water partition coefficient (Wildman–Crippen LogP) is 1.94. The van der Waals surface area contributed by atoms with E-state index in [-0.39, 0.29) is 5.91 Å². The Kier molecular flexibility index (Phi) is 3.37. The molecule has 7 heteroatoms. The largest absolute Gasteiger partial charge is 0.350 e. The average molecular weight is 325 g/mol. The molecule has 0 bridgehead atoms. The molecule has 0 aliphatic heterocycles. The van der Waals surface area contributed by atoms with Crippen molar-refractivity contribution < 1.29 is 9.32 Å². The van der Waals surface area contributed by atoms with Crippen molar-refractivity contribution in [1.29, 1.82) is 0 Å². The monoisotopic (exact) mass is 324 g/mol. The van der Waals surface area contributed by atoms with E-state index in [1.165, 1.54) is 6.33 Å². The summed E-state index contributed by atoms with van der Waals surface area (Å²) in [6, 6.07) is 2.32. The first-order valence-electron chi connectivity index (χ1n) is 6.15. The van der Waals surface area contributed by atoms with Gasteiger partial charge in [-0.1, -0.05) is 5.16 Å². The van der Waals surface area contributed by atoms with E-state index in [9.17, 15) is 4.79 Å². The van der Waals surface area contributed by atoms with Crippen LogP contribution in [0.25, 0.3) is 0 Å². The van der Waals surface area contributed by atoms with Gasteiger partial charge in [0.1, 0.15) is 5.69 Å². The summed E-state index contributed by atoms with van der Waals surface area (Å²) in [7, 11) is 0. The van der Waals surface area contributed by atoms with E-state index in [0.717, 1.165) is 17.3 Å². The lowest BCUT2D eigenvalue weighted by atomic mass is 10.3. The fourth-order valence-electron chi connectivity index (χ4n) is 1.96. The van der Waals surface area contributed by atoms with Gasteiger partial charge in [0.05, 0.1) is 0 Å². The maximum absolute atomic E-state index is 12.1. The molecule has 0 saturated heterocycles. The van der Waals surface area contributed by atoms with Crippen molar-refractivity contribution in [3.8, 4) is 0 Å².